The number of amides is 2. The molecule has 0 spiro atoms. The Morgan fingerprint density at radius 2 is 2.10 bits per heavy atom. The number of benzene rings is 1. The van der Waals surface area contributed by atoms with E-state index in [-0.39, 0.29) is 12.3 Å². The summed E-state index contributed by atoms with van der Waals surface area (Å²) in [6.07, 6.45) is 5.09. The van der Waals surface area contributed by atoms with Crippen molar-refractivity contribution < 1.29 is 9.59 Å². The number of carbonyl (C=O) groups is 2. The van der Waals surface area contributed by atoms with E-state index in [0.29, 0.717) is 18.2 Å². The summed E-state index contributed by atoms with van der Waals surface area (Å²) in [5.74, 6) is -0.414. The SMILES string of the molecule is NC(=O)Cc1ccccc1NC(=O)CCC1CCCCN1. The van der Waals surface area contributed by atoms with Crippen molar-refractivity contribution in [1.82, 2.24) is 5.32 Å². The van der Waals surface area contributed by atoms with Crippen LogP contribution in [0.5, 0.6) is 0 Å². The number of para-hydroxylation sites is 1. The van der Waals surface area contributed by atoms with Gasteiger partial charge in [-0.15, -0.1) is 0 Å². The van der Waals surface area contributed by atoms with E-state index in [9.17, 15) is 9.59 Å². The summed E-state index contributed by atoms with van der Waals surface area (Å²) in [5.41, 5.74) is 6.66. The Bertz CT molecular complexity index is 496. The quantitative estimate of drug-likeness (QED) is 0.743. The van der Waals surface area contributed by atoms with E-state index >= 15 is 0 Å². The molecule has 1 unspecified atom stereocenters. The number of piperidine rings is 1. The van der Waals surface area contributed by atoms with Crippen LogP contribution >= 0.6 is 0 Å². The smallest absolute Gasteiger partial charge is 0.224 e. The highest BCUT2D eigenvalue weighted by Gasteiger charge is 2.14. The maximum Gasteiger partial charge on any atom is 0.224 e. The standard InChI is InChI=1S/C16H23N3O2/c17-15(20)11-12-5-1-2-7-14(12)19-16(21)9-8-13-6-3-4-10-18-13/h1-2,5,7,13,18H,3-4,6,8-11H2,(H2,17,20)(H,19,21). The predicted molar refractivity (Wildman–Crippen MR) is 82.8 cm³/mol. The fraction of sp³-hybridized carbons (Fsp3) is 0.500. The summed E-state index contributed by atoms with van der Waals surface area (Å²) in [6, 6.07) is 7.73. The fourth-order valence-electron chi connectivity index (χ4n) is 2.67. The lowest BCUT2D eigenvalue weighted by atomic mass is 10.0. The number of hydrogen-bond acceptors (Lipinski definition) is 3. The van der Waals surface area contributed by atoms with Crippen molar-refractivity contribution in [2.45, 2.75) is 44.6 Å². The van der Waals surface area contributed by atoms with Gasteiger partial charge in [-0.1, -0.05) is 24.6 Å². The first-order valence-corrected chi connectivity index (χ1v) is 7.54. The van der Waals surface area contributed by atoms with E-state index in [1.54, 1.807) is 6.07 Å². The van der Waals surface area contributed by atoms with Gasteiger partial charge in [0.1, 0.15) is 0 Å². The molecule has 5 heteroatoms. The normalized spacial score (nSPS) is 18.2. The van der Waals surface area contributed by atoms with Crippen LogP contribution in [0.25, 0.3) is 0 Å². The Balaban J connectivity index is 1.85. The Labute approximate surface area is 125 Å². The van der Waals surface area contributed by atoms with E-state index in [1.807, 2.05) is 18.2 Å². The van der Waals surface area contributed by atoms with Crippen LogP contribution in [0.15, 0.2) is 24.3 Å². The molecule has 21 heavy (non-hydrogen) atoms. The van der Waals surface area contributed by atoms with Crippen molar-refractivity contribution in [3.8, 4) is 0 Å². The van der Waals surface area contributed by atoms with Crippen LogP contribution in [0.3, 0.4) is 0 Å². The van der Waals surface area contributed by atoms with Gasteiger partial charge in [-0.3, -0.25) is 9.59 Å². The monoisotopic (exact) mass is 289 g/mol. The fourth-order valence-corrected chi connectivity index (χ4v) is 2.67. The van der Waals surface area contributed by atoms with E-state index in [2.05, 4.69) is 10.6 Å². The molecule has 1 atom stereocenters. The average molecular weight is 289 g/mol. The summed E-state index contributed by atoms with van der Waals surface area (Å²) in [4.78, 5) is 23.1. The first-order chi connectivity index (χ1) is 10.1. The number of primary amides is 1. The minimum atomic E-state index is -0.400. The van der Waals surface area contributed by atoms with Crippen molar-refractivity contribution in [2.24, 2.45) is 5.73 Å². The number of rotatable bonds is 6. The maximum atomic E-state index is 12.0. The van der Waals surface area contributed by atoms with E-state index in [1.165, 1.54) is 12.8 Å². The van der Waals surface area contributed by atoms with Gasteiger partial charge in [0.05, 0.1) is 6.42 Å². The highest BCUT2D eigenvalue weighted by molar-refractivity contribution is 5.92. The van der Waals surface area contributed by atoms with Crippen LogP contribution in [-0.2, 0) is 16.0 Å². The Morgan fingerprint density at radius 1 is 1.29 bits per heavy atom. The zero-order valence-electron chi connectivity index (χ0n) is 12.2. The van der Waals surface area contributed by atoms with Gasteiger partial charge >= 0.3 is 0 Å². The first-order valence-electron chi connectivity index (χ1n) is 7.54. The summed E-state index contributed by atoms with van der Waals surface area (Å²) in [7, 11) is 0. The van der Waals surface area contributed by atoms with Crippen LogP contribution in [0, 0.1) is 0 Å². The first kappa shape index (κ1) is 15.5. The third-order valence-corrected chi connectivity index (χ3v) is 3.79. The summed E-state index contributed by atoms with van der Waals surface area (Å²) < 4.78 is 0. The molecule has 1 aromatic rings. The van der Waals surface area contributed by atoms with E-state index in [4.69, 9.17) is 5.73 Å². The molecular weight excluding hydrogens is 266 g/mol. The zero-order valence-corrected chi connectivity index (χ0v) is 12.2. The van der Waals surface area contributed by atoms with Crippen molar-refractivity contribution in [3.63, 3.8) is 0 Å². The molecule has 1 aliphatic heterocycles. The minimum absolute atomic E-state index is 0.0145. The molecular formula is C16H23N3O2. The topological polar surface area (TPSA) is 84.2 Å². The van der Waals surface area contributed by atoms with Crippen molar-refractivity contribution in [1.29, 1.82) is 0 Å². The van der Waals surface area contributed by atoms with Gasteiger partial charge in [0.15, 0.2) is 0 Å². The summed E-state index contributed by atoms with van der Waals surface area (Å²) >= 11 is 0. The molecule has 0 saturated carbocycles. The molecule has 2 rings (SSSR count). The average Bonchev–Trinajstić information content (AvgIpc) is 2.48. The van der Waals surface area contributed by atoms with Gasteiger partial charge in [-0.25, -0.2) is 0 Å². The highest BCUT2D eigenvalue weighted by atomic mass is 16.2. The molecule has 114 valence electrons. The second-order valence-electron chi connectivity index (χ2n) is 5.53. The van der Waals surface area contributed by atoms with Gasteiger partial charge in [0.2, 0.25) is 11.8 Å². The largest absolute Gasteiger partial charge is 0.369 e. The maximum absolute atomic E-state index is 12.0. The van der Waals surface area contributed by atoms with Gasteiger partial charge in [-0.2, -0.15) is 0 Å². The number of nitrogens with two attached hydrogens (primary N) is 1. The second-order valence-corrected chi connectivity index (χ2v) is 5.53. The van der Waals surface area contributed by atoms with Crippen LogP contribution in [0.1, 0.15) is 37.7 Å². The van der Waals surface area contributed by atoms with Gasteiger partial charge in [0.25, 0.3) is 0 Å². The van der Waals surface area contributed by atoms with Crippen LogP contribution in [-0.4, -0.2) is 24.4 Å². The van der Waals surface area contributed by atoms with Crippen LogP contribution in [0.2, 0.25) is 0 Å². The van der Waals surface area contributed by atoms with Crippen molar-refractivity contribution in [3.05, 3.63) is 29.8 Å². The van der Waals surface area contributed by atoms with Crippen molar-refractivity contribution >= 4 is 17.5 Å². The minimum Gasteiger partial charge on any atom is -0.369 e. The third kappa shape index (κ3) is 5.19. The third-order valence-electron chi connectivity index (χ3n) is 3.79. The zero-order chi connectivity index (χ0) is 15.1. The molecule has 1 heterocycles. The lowest BCUT2D eigenvalue weighted by molar-refractivity contribution is -0.118. The molecule has 1 aromatic carbocycles. The lowest BCUT2D eigenvalue weighted by Crippen LogP contribution is -2.34. The summed E-state index contributed by atoms with van der Waals surface area (Å²) in [6.45, 7) is 1.05. The van der Waals surface area contributed by atoms with Crippen LogP contribution in [0.4, 0.5) is 5.69 Å². The molecule has 0 aliphatic carbocycles. The molecule has 0 aromatic heterocycles. The highest BCUT2D eigenvalue weighted by Crippen LogP contribution is 2.17. The molecule has 1 saturated heterocycles. The van der Waals surface area contributed by atoms with E-state index < -0.39 is 5.91 Å². The van der Waals surface area contributed by atoms with Gasteiger partial charge in [-0.05, 0) is 37.4 Å². The van der Waals surface area contributed by atoms with E-state index in [0.717, 1.165) is 24.9 Å². The number of hydrogen-bond donors (Lipinski definition) is 3. The molecule has 5 nitrogen and oxygen atoms in total. The molecule has 1 fully saturated rings. The molecule has 2 amide bonds. The summed E-state index contributed by atoms with van der Waals surface area (Å²) in [5, 5.41) is 6.32. The molecule has 4 N–H and O–H groups in total. The Kier molecular flexibility index (Phi) is 5.75. The molecule has 0 bridgehead atoms. The van der Waals surface area contributed by atoms with Gasteiger partial charge in [0, 0.05) is 18.2 Å². The Hall–Kier alpha value is -1.88. The number of carbonyl (C=O) groups excluding carboxylic acids is 2. The molecule has 1 aliphatic rings. The van der Waals surface area contributed by atoms with Gasteiger partial charge < -0.3 is 16.4 Å². The predicted octanol–water partition coefficient (Wildman–Crippen LogP) is 1.58. The van der Waals surface area contributed by atoms with Crippen LogP contribution < -0.4 is 16.4 Å². The Morgan fingerprint density at radius 3 is 2.81 bits per heavy atom. The van der Waals surface area contributed by atoms with Crippen molar-refractivity contribution in [2.75, 3.05) is 11.9 Å². The number of nitrogens with one attached hydrogen (secondary N) is 2. The number of anilines is 1. The molecule has 0 radical (unpaired) electrons. The lowest BCUT2D eigenvalue weighted by Gasteiger charge is -2.23. The second kappa shape index (κ2) is 7.78.